The highest BCUT2D eigenvalue weighted by atomic mass is 35.5. The second-order valence-corrected chi connectivity index (χ2v) is 8.48. The molecule has 0 aromatic heterocycles. The van der Waals surface area contributed by atoms with E-state index >= 15 is 0 Å². The molecule has 0 saturated carbocycles. The molecular weight excluding hydrogens is 372 g/mol. The number of halogens is 1. The molecule has 0 aliphatic carbocycles. The highest BCUT2D eigenvalue weighted by Gasteiger charge is 2.26. The lowest BCUT2D eigenvalue weighted by Crippen LogP contribution is -2.41. The predicted octanol–water partition coefficient (Wildman–Crippen LogP) is 3.63. The summed E-state index contributed by atoms with van der Waals surface area (Å²) in [4.78, 5) is 14.2. The van der Waals surface area contributed by atoms with E-state index in [1.54, 1.807) is 14.0 Å². The number of likely N-dealkylation sites (N-methyl/N-ethyl adjacent to an activating group) is 2. The lowest BCUT2D eigenvalue weighted by atomic mass is 10.1. The third-order valence-corrected chi connectivity index (χ3v) is 6.55. The first kappa shape index (κ1) is 20.4. The van der Waals surface area contributed by atoms with Crippen molar-refractivity contribution in [3.8, 4) is 0 Å². The van der Waals surface area contributed by atoms with Crippen LogP contribution in [0.15, 0.2) is 47.4 Å². The smallest absolute Gasteiger partial charge is 0.243 e. The van der Waals surface area contributed by atoms with E-state index in [2.05, 4.69) is 0 Å². The zero-order chi connectivity index (χ0) is 19.5. The number of rotatable bonds is 6. The van der Waals surface area contributed by atoms with Crippen LogP contribution in [0.3, 0.4) is 0 Å². The van der Waals surface area contributed by atoms with Crippen molar-refractivity contribution in [3.05, 3.63) is 58.6 Å². The van der Waals surface area contributed by atoms with Gasteiger partial charge in [0.2, 0.25) is 15.9 Å². The third kappa shape index (κ3) is 4.44. The van der Waals surface area contributed by atoms with Gasteiger partial charge < -0.3 is 4.90 Å². The number of sulfonamides is 1. The van der Waals surface area contributed by atoms with Gasteiger partial charge in [0.1, 0.15) is 0 Å². The summed E-state index contributed by atoms with van der Waals surface area (Å²) in [5, 5.41) is 0.456. The monoisotopic (exact) mass is 394 g/mol. The predicted molar refractivity (Wildman–Crippen MR) is 105 cm³/mol. The second-order valence-electron chi connectivity index (χ2n) is 6.11. The molecule has 0 atom stereocenters. The van der Waals surface area contributed by atoms with Crippen LogP contribution < -0.4 is 4.90 Å². The molecule has 0 saturated heterocycles. The molecule has 140 valence electrons. The molecule has 0 radical (unpaired) electrons. The quantitative estimate of drug-likeness (QED) is 0.751. The van der Waals surface area contributed by atoms with E-state index in [0.717, 1.165) is 21.1 Å². The molecule has 0 aliphatic heterocycles. The van der Waals surface area contributed by atoms with E-state index in [9.17, 15) is 13.2 Å². The molecule has 2 aromatic carbocycles. The zero-order valence-electron chi connectivity index (χ0n) is 15.4. The number of carbonyl (C=O) groups is 1. The van der Waals surface area contributed by atoms with Crippen molar-refractivity contribution in [2.45, 2.75) is 25.7 Å². The van der Waals surface area contributed by atoms with Crippen molar-refractivity contribution in [3.63, 3.8) is 0 Å². The first-order chi connectivity index (χ1) is 12.2. The summed E-state index contributed by atoms with van der Waals surface area (Å²) >= 11 is 5.82. The van der Waals surface area contributed by atoms with Crippen LogP contribution in [0.1, 0.15) is 18.1 Å². The van der Waals surface area contributed by atoms with E-state index < -0.39 is 10.0 Å². The molecule has 2 aromatic rings. The topological polar surface area (TPSA) is 57.7 Å². The summed E-state index contributed by atoms with van der Waals surface area (Å²) in [7, 11) is -2.12. The lowest BCUT2D eigenvalue weighted by Gasteiger charge is -2.24. The third-order valence-electron chi connectivity index (χ3n) is 4.37. The standard InChI is InChI=1S/C19H23ClN2O3S/c1-5-22(26(24,25)18-10-7-16(20)8-11-18)13-19(23)21(4)17-9-6-14(2)15(3)12-17/h6-12H,5,13H2,1-4H3. The molecule has 0 fully saturated rings. The summed E-state index contributed by atoms with van der Waals surface area (Å²) in [5.74, 6) is -0.298. The fraction of sp³-hybridized carbons (Fsp3) is 0.316. The minimum Gasteiger partial charge on any atom is -0.314 e. The van der Waals surface area contributed by atoms with Crippen molar-refractivity contribution in [1.82, 2.24) is 4.31 Å². The number of amides is 1. The van der Waals surface area contributed by atoms with Gasteiger partial charge in [0.05, 0.1) is 11.4 Å². The number of hydrogen-bond acceptors (Lipinski definition) is 3. The largest absolute Gasteiger partial charge is 0.314 e. The summed E-state index contributed by atoms with van der Waals surface area (Å²) in [6.45, 7) is 5.64. The van der Waals surface area contributed by atoms with Gasteiger partial charge in [-0.1, -0.05) is 24.6 Å². The number of hydrogen-bond donors (Lipinski definition) is 0. The van der Waals surface area contributed by atoms with E-state index in [4.69, 9.17) is 11.6 Å². The average molecular weight is 395 g/mol. The van der Waals surface area contributed by atoms with Gasteiger partial charge in [-0.25, -0.2) is 8.42 Å². The summed E-state index contributed by atoms with van der Waals surface area (Å²) in [6, 6.07) is 11.6. The molecule has 0 unspecified atom stereocenters. The Morgan fingerprint density at radius 3 is 2.19 bits per heavy atom. The molecule has 0 spiro atoms. The average Bonchev–Trinajstić information content (AvgIpc) is 2.61. The maximum absolute atomic E-state index is 12.8. The van der Waals surface area contributed by atoms with Gasteiger partial charge in [-0.2, -0.15) is 4.31 Å². The minimum atomic E-state index is -3.77. The lowest BCUT2D eigenvalue weighted by molar-refractivity contribution is -0.118. The number of benzene rings is 2. The number of aryl methyl sites for hydroxylation is 2. The SMILES string of the molecule is CCN(CC(=O)N(C)c1ccc(C)c(C)c1)S(=O)(=O)c1ccc(Cl)cc1. The van der Waals surface area contributed by atoms with Crippen LogP contribution in [0.2, 0.25) is 5.02 Å². The Labute approximate surface area is 160 Å². The Morgan fingerprint density at radius 1 is 1.04 bits per heavy atom. The van der Waals surface area contributed by atoms with Crippen LogP contribution in [-0.4, -0.2) is 38.8 Å². The molecule has 0 N–H and O–H groups in total. The van der Waals surface area contributed by atoms with E-state index in [-0.39, 0.29) is 23.9 Å². The fourth-order valence-corrected chi connectivity index (χ4v) is 3.98. The van der Waals surface area contributed by atoms with Crippen LogP contribution in [0.25, 0.3) is 0 Å². The Hall–Kier alpha value is -1.89. The molecule has 26 heavy (non-hydrogen) atoms. The van der Waals surface area contributed by atoms with Gasteiger partial charge >= 0.3 is 0 Å². The van der Waals surface area contributed by atoms with E-state index in [1.807, 2.05) is 32.0 Å². The van der Waals surface area contributed by atoms with Gasteiger partial charge in [-0.3, -0.25) is 4.79 Å². The molecule has 7 heteroatoms. The minimum absolute atomic E-state index is 0.116. The van der Waals surface area contributed by atoms with Crippen molar-refractivity contribution >= 4 is 33.2 Å². The Bertz CT molecular complexity index is 896. The molecule has 1 amide bonds. The van der Waals surface area contributed by atoms with Crippen molar-refractivity contribution in [2.75, 3.05) is 25.0 Å². The van der Waals surface area contributed by atoms with Crippen molar-refractivity contribution in [2.24, 2.45) is 0 Å². The van der Waals surface area contributed by atoms with Gasteiger partial charge in [-0.05, 0) is 61.4 Å². The van der Waals surface area contributed by atoms with E-state index in [0.29, 0.717) is 5.02 Å². The Kier molecular flexibility index (Phi) is 6.44. The summed E-state index contributed by atoms with van der Waals surface area (Å²) in [5.41, 5.74) is 2.94. The second kappa shape index (κ2) is 8.20. The number of nitrogens with zero attached hydrogens (tertiary/aromatic N) is 2. The maximum atomic E-state index is 12.8. The zero-order valence-corrected chi connectivity index (χ0v) is 16.9. The molecule has 2 rings (SSSR count). The van der Waals surface area contributed by atoms with Crippen LogP contribution in [0.5, 0.6) is 0 Å². The van der Waals surface area contributed by atoms with Crippen LogP contribution >= 0.6 is 11.6 Å². The molecule has 0 aliphatic rings. The van der Waals surface area contributed by atoms with Crippen LogP contribution in [0, 0.1) is 13.8 Å². The highest BCUT2D eigenvalue weighted by Crippen LogP contribution is 2.21. The Morgan fingerprint density at radius 2 is 1.65 bits per heavy atom. The molecular formula is C19H23ClN2O3S. The molecule has 0 bridgehead atoms. The summed E-state index contributed by atoms with van der Waals surface area (Å²) in [6.07, 6.45) is 0. The van der Waals surface area contributed by atoms with Gasteiger partial charge in [-0.15, -0.1) is 0 Å². The molecule has 5 nitrogen and oxygen atoms in total. The van der Waals surface area contributed by atoms with Gasteiger partial charge in [0.25, 0.3) is 0 Å². The first-order valence-corrected chi connectivity index (χ1v) is 10.1. The van der Waals surface area contributed by atoms with Gasteiger partial charge in [0.15, 0.2) is 0 Å². The normalized spacial score (nSPS) is 11.6. The highest BCUT2D eigenvalue weighted by molar-refractivity contribution is 7.89. The van der Waals surface area contributed by atoms with Crippen molar-refractivity contribution in [1.29, 1.82) is 0 Å². The van der Waals surface area contributed by atoms with E-state index in [1.165, 1.54) is 29.2 Å². The first-order valence-electron chi connectivity index (χ1n) is 8.26. The number of anilines is 1. The van der Waals surface area contributed by atoms with Crippen molar-refractivity contribution < 1.29 is 13.2 Å². The maximum Gasteiger partial charge on any atom is 0.243 e. The van der Waals surface area contributed by atoms with Crippen LogP contribution in [-0.2, 0) is 14.8 Å². The number of carbonyl (C=O) groups excluding carboxylic acids is 1. The molecule has 0 heterocycles. The van der Waals surface area contributed by atoms with Gasteiger partial charge in [0, 0.05) is 24.3 Å². The summed E-state index contributed by atoms with van der Waals surface area (Å²) < 4.78 is 26.7. The Balaban J connectivity index is 2.21. The fourth-order valence-electron chi connectivity index (χ4n) is 2.46. The van der Waals surface area contributed by atoms with Crippen LogP contribution in [0.4, 0.5) is 5.69 Å².